The summed E-state index contributed by atoms with van der Waals surface area (Å²) < 4.78 is 5.40. The van der Waals surface area contributed by atoms with E-state index in [-0.39, 0.29) is 16.5 Å². The third kappa shape index (κ3) is 2.77. The number of benzene rings is 2. The molecule has 3 aliphatic rings. The SMILES string of the molecule is CNC(=O)c1ccc(N2C(=O)[C@H]3[C@@H]4C(=C(N)S[C@H]3C2=O)C(=O)Oc2ccccc24)cc1. The fraction of sp³-hybridized carbons (Fsp3) is 0.182. The van der Waals surface area contributed by atoms with Crippen molar-refractivity contribution in [1.29, 1.82) is 0 Å². The molecule has 9 heteroatoms. The Morgan fingerprint density at radius 1 is 1.06 bits per heavy atom. The number of para-hydroxylation sites is 1. The van der Waals surface area contributed by atoms with Crippen molar-refractivity contribution in [1.82, 2.24) is 5.32 Å². The van der Waals surface area contributed by atoms with Gasteiger partial charge in [0.15, 0.2) is 0 Å². The first kappa shape index (κ1) is 19.4. The second-order valence-electron chi connectivity index (χ2n) is 7.39. The number of carbonyl (C=O) groups is 4. The average molecular weight is 435 g/mol. The Morgan fingerprint density at radius 3 is 2.48 bits per heavy atom. The van der Waals surface area contributed by atoms with Crippen molar-refractivity contribution < 1.29 is 23.9 Å². The molecule has 3 heterocycles. The normalized spacial score (nSPS) is 24.4. The summed E-state index contributed by atoms with van der Waals surface area (Å²) in [5.74, 6) is -2.74. The Balaban J connectivity index is 1.58. The topological polar surface area (TPSA) is 119 Å². The van der Waals surface area contributed by atoms with Gasteiger partial charge in [-0.05, 0) is 30.3 Å². The number of anilines is 1. The van der Waals surface area contributed by atoms with Crippen LogP contribution in [0.3, 0.4) is 0 Å². The molecule has 1 saturated heterocycles. The van der Waals surface area contributed by atoms with E-state index in [0.717, 1.165) is 16.7 Å². The highest BCUT2D eigenvalue weighted by Gasteiger charge is 2.58. The number of ether oxygens (including phenoxy) is 1. The van der Waals surface area contributed by atoms with Gasteiger partial charge in [0.1, 0.15) is 11.0 Å². The van der Waals surface area contributed by atoms with Crippen LogP contribution < -0.4 is 20.7 Å². The Bertz CT molecular complexity index is 1190. The van der Waals surface area contributed by atoms with Gasteiger partial charge in [-0.15, -0.1) is 0 Å². The molecule has 8 nitrogen and oxygen atoms in total. The summed E-state index contributed by atoms with van der Waals surface area (Å²) in [5, 5.41) is 1.97. The number of fused-ring (bicyclic) bond motifs is 5. The van der Waals surface area contributed by atoms with E-state index in [9.17, 15) is 19.2 Å². The van der Waals surface area contributed by atoms with Crippen molar-refractivity contribution in [3.8, 4) is 5.75 Å². The predicted octanol–water partition coefficient (Wildman–Crippen LogP) is 1.52. The van der Waals surface area contributed by atoms with Crippen molar-refractivity contribution >= 4 is 41.1 Å². The summed E-state index contributed by atoms with van der Waals surface area (Å²) in [4.78, 5) is 52.3. The molecule has 0 aromatic heterocycles. The van der Waals surface area contributed by atoms with E-state index in [1.807, 2.05) is 0 Å². The number of amides is 3. The zero-order chi connectivity index (χ0) is 21.9. The third-order valence-corrected chi connectivity index (χ3v) is 7.00. The molecular weight excluding hydrogens is 418 g/mol. The molecule has 3 amide bonds. The number of hydrogen-bond donors (Lipinski definition) is 2. The highest BCUT2D eigenvalue weighted by atomic mass is 32.2. The molecule has 0 radical (unpaired) electrons. The smallest absolute Gasteiger partial charge is 0.342 e. The molecule has 0 unspecified atom stereocenters. The molecule has 5 rings (SSSR count). The lowest BCUT2D eigenvalue weighted by atomic mass is 9.77. The Morgan fingerprint density at radius 2 is 1.77 bits per heavy atom. The summed E-state index contributed by atoms with van der Waals surface area (Å²) in [7, 11) is 1.52. The molecular formula is C22H17N3O5S. The number of nitrogens with two attached hydrogens (primary N) is 1. The van der Waals surface area contributed by atoms with Gasteiger partial charge in [-0.1, -0.05) is 30.0 Å². The monoisotopic (exact) mass is 435 g/mol. The Labute approximate surface area is 181 Å². The van der Waals surface area contributed by atoms with E-state index in [4.69, 9.17) is 10.5 Å². The number of nitrogens with one attached hydrogen (secondary N) is 1. The maximum Gasteiger partial charge on any atom is 0.342 e. The molecule has 0 spiro atoms. The minimum atomic E-state index is -0.785. The van der Waals surface area contributed by atoms with Crippen molar-refractivity contribution in [2.24, 2.45) is 11.7 Å². The number of hydrogen-bond acceptors (Lipinski definition) is 7. The third-order valence-electron chi connectivity index (χ3n) is 5.78. The van der Waals surface area contributed by atoms with Crippen LogP contribution in [0.4, 0.5) is 5.69 Å². The van der Waals surface area contributed by atoms with E-state index < -0.39 is 34.9 Å². The summed E-state index contributed by atoms with van der Waals surface area (Å²) in [6.07, 6.45) is 0. The number of rotatable bonds is 2. The number of imide groups is 1. The molecule has 1 fully saturated rings. The first-order valence-electron chi connectivity index (χ1n) is 9.59. The molecule has 2 aromatic rings. The van der Waals surface area contributed by atoms with Crippen LogP contribution in [0, 0.1) is 5.92 Å². The lowest BCUT2D eigenvalue weighted by molar-refractivity contribution is -0.131. The zero-order valence-electron chi connectivity index (χ0n) is 16.3. The first-order chi connectivity index (χ1) is 14.9. The van der Waals surface area contributed by atoms with Crippen LogP contribution in [0.1, 0.15) is 21.8 Å². The lowest BCUT2D eigenvalue weighted by Crippen LogP contribution is -2.39. The van der Waals surface area contributed by atoms with E-state index in [0.29, 0.717) is 22.6 Å². The van der Waals surface area contributed by atoms with Gasteiger partial charge in [-0.25, -0.2) is 9.69 Å². The van der Waals surface area contributed by atoms with E-state index >= 15 is 0 Å². The summed E-state index contributed by atoms with van der Waals surface area (Å²) in [5.41, 5.74) is 7.83. The number of carbonyl (C=O) groups excluding carboxylic acids is 4. The molecule has 0 bridgehead atoms. The largest absolute Gasteiger partial charge is 0.423 e. The van der Waals surface area contributed by atoms with Gasteiger partial charge in [0.05, 0.1) is 22.2 Å². The minimum absolute atomic E-state index is 0.198. The maximum atomic E-state index is 13.5. The van der Waals surface area contributed by atoms with Gasteiger partial charge in [-0.2, -0.15) is 0 Å². The Kier molecular flexibility index (Phi) is 4.37. The molecule has 3 N–H and O–H groups in total. The van der Waals surface area contributed by atoms with Gasteiger partial charge >= 0.3 is 5.97 Å². The van der Waals surface area contributed by atoms with E-state index in [1.54, 1.807) is 48.5 Å². The van der Waals surface area contributed by atoms with Gasteiger partial charge in [0.25, 0.3) is 5.91 Å². The summed E-state index contributed by atoms with van der Waals surface area (Å²) in [6.45, 7) is 0. The van der Waals surface area contributed by atoms with Crippen LogP contribution in [0.5, 0.6) is 5.75 Å². The fourth-order valence-corrected chi connectivity index (χ4v) is 5.60. The van der Waals surface area contributed by atoms with E-state index in [1.165, 1.54) is 7.05 Å². The quantitative estimate of drug-likeness (QED) is 0.417. The van der Waals surface area contributed by atoms with Gasteiger partial charge in [-0.3, -0.25) is 14.4 Å². The molecule has 3 aliphatic heterocycles. The number of thioether (sulfide) groups is 1. The first-order valence-corrected chi connectivity index (χ1v) is 10.5. The Hall–Kier alpha value is -3.59. The predicted molar refractivity (Wildman–Crippen MR) is 113 cm³/mol. The van der Waals surface area contributed by atoms with Gasteiger partial charge in [0, 0.05) is 24.1 Å². The lowest BCUT2D eigenvalue weighted by Gasteiger charge is -2.36. The van der Waals surface area contributed by atoms with Crippen LogP contribution >= 0.6 is 11.8 Å². The summed E-state index contributed by atoms with van der Waals surface area (Å²) in [6, 6.07) is 13.2. The summed E-state index contributed by atoms with van der Waals surface area (Å²) >= 11 is 1.02. The van der Waals surface area contributed by atoms with Crippen molar-refractivity contribution in [3.05, 3.63) is 70.3 Å². The second-order valence-corrected chi connectivity index (χ2v) is 8.57. The van der Waals surface area contributed by atoms with Crippen molar-refractivity contribution in [2.45, 2.75) is 11.2 Å². The van der Waals surface area contributed by atoms with Crippen LogP contribution in [0.15, 0.2) is 59.1 Å². The van der Waals surface area contributed by atoms with Crippen molar-refractivity contribution in [3.63, 3.8) is 0 Å². The van der Waals surface area contributed by atoms with Crippen molar-refractivity contribution in [2.75, 3.05) is 11.9 Å². The highest BCUT2D eigenvalue weighted by molar-refractivity contribution is 8.04. The van der Waals surface area contributed by atoms with E-state index in [2.05, 4.69) is 5.32 Å². The van der Waals surface area contributed by atoms with Crippen LogP contribution in [-0.2, 0) is 14.4 Å². The van der Waals surface area contributed by atoms with Crippen LogP contribution in [0.2, 0.25) is 0 Å². The molecule has 31 heavy (non-hydrogen) atoms. The zero-order valence-corrected chi connectivity index (χ0v) is 17.1. The van der Waals surface area contributed by atoms with Gasteiger partial charge in [0.2, 0.25) is 11.8 Å². The van der Waals surface area contributed by atoms with Crippen LogP contribution in [-0.4, -0.2) is 36.0 Å². The fourth-order valence-electron chi connectivity index (χ4n) is 4.36. The standard InChI is InChI=1S/C22H17N3O5S/c1-24-19(26)10-6-8-11(9-7-10)25-20(27)15-14-12-4-2-3-5-13(12)30-22(29)16(14)18(23)31-17(15)21(25)28/h2-9,14-15,17H,23H2,1H3,(H,24,26)/t14-,15+,17-/m1/s1. The second kappa shape index (κ2) is 6.98. The van der Waals surface area contributed by atoms with Crippen LogP contribution in [0.25, 0.3) is 0 Å². The average Bonchev–Trinajstić information content (AvgIpc) is 3.02. The molecule has 156 valence electrons. The minimum Gasteiger partial charge on any atom is -0.423 e. The molecule has 2 aromatic carbocycles. The van der Waals surface area contributed by atoms with Gasteiger partial charge < -0.3 is 15.8 Å². The highest BCUT2D eigenvalue weighted by Crippen LogP contribution is 2.54. The number of esters is 1. The maximum absolute atomic E-state index is 13.5. The molecule has 0 saturated carbocycles. The molecule has 3 atom stereocenters. The number of nitrogens with zero attached hydrogens (tertiary/aromatic N) is 1. The molecule has 0 aliphatic carbocycles.